The molecule has 0 saturated carbocycles. The van der Waals surface area contributed by atoms with E-state index in [-0.39, 0.29) is 11.5 Å². The summed E-state index contributed by atoms with van der Waals surface area (Å²) >= 11 is 0. The molecular formula is C17H16N2O3. The van der Waals surface area contributed by atoms with Crippen molar-refractivity contribution in [3.8, 4) is 0 Å². The van der Waals surface area contributed by atoms with Gasteiger partial charge in [-0.3, -0.25) is 4.79 Å². The number of carboxylic acids is 1. The van der Waals surface area contributed by atoms with E-state index in [1.807, 2.05) is 31.2 Å². The van der Waals surface area contributed by atoms with Crippen LogP contribution >= 0.6 is 0 Å². The van der Waals surface area contributed by atoms with Crippen molar-refractivity contribution in [2.75, 3.05) is 5.32 Å². The third-order valence-electron chi connectivity index (χ3n) is 3.07. The average molecular weight is 296 g/mol. The summed E-state index contributed by atoms with van der Waals surface area (Å²) in [6.45, 7) is 3.71. The largest absolute Gasteiger partial charge is 0.478 e. The quantitative estimate of drug-likeness (QED) is 0.849. The number of anilines is 1. The standard InChI is InChI=1S/C17H16N2O3/c1-11-3-5-13(6-4-11)9-12(2)16(20)19-15-8-7-14(10-18-15)17(21)22/h3-10H,1-2H3,(H,21,22)(H,18,19,20)/b12-9+. The predicted molar refractivity (Wildman–Crippen MR) is 84.7 cm³/mol. The average Bonchev–Trinajstić information content (AvgIpc) is 2.50. The Labute approximate surface area is 128 Å². The van der Waals surface area contributed by atoms with E-state index in [9.17, 15) is 9.59 Å². The summed E-state index contributed by atoms with van der Waals surface area (Å²) in [4.78, 5) is 26.7. The number of benzene rings is 1. The molecule has 1 aromatic heterocycles. The van der Waals surface area contributed by atoms with Gasteiger partial charge in [-0.25, -0.2) is 9.78 Å². The first-order valence-corrected chi connectivity index (χ1v) is 6.71. The number of hydrogen-bond donors (Lipinski definition) is 2. The fourth-order valence-corrected chi connectivity index (χ4v) is 1.79. The molecule has 1 aromatic carbocycles. The van der Waals surface area contributed by atoms with Gasteiger partial charge in [0, 0.05) is 11.8 Å². The van der Waals surface area contributed by atoms with Crippen LogP contribution in [0.4, 0.5) is 5.82 Å². The number of carbonyl (C=O) groups is 2. The lowest BCUT2D eigenvalue weighted by Crippen LogP contribution is -2.13. The topological polar surface area (TPSA) is 79.3 Å². The zero-order valence-corrected chi connectivity index (χ0v) is 12.3. The number of carboxylic acid groups (broad SMARTS) is 1. The van der Waals surface area contributed by atoms with Gasteiger partial charge in [-0.1, -0.05) is 29.8 Å². The van der Waals surface area contributed by atoms with Crippen molar-refractivity contribution < 1.29 is 14.7 Å². The highest BCUT2D eigenvalue weighted by Gasteiger charge is 2.07. The highest BCUT2D eigenvalue weighted by atomic mass is 16.4. The van der Waals surface area contributed by atoms with Gasteiger partial charge in [-0.15, -0.1) is 0 Å². The third-order valence-corrected chi connectivity index (χ3v) is 3.07. The zero-order chi connectivity index (χ0) is 16.1. The van der Waals surface area contributed by atoms with Gasteiger partial charge >= 0.3 is 5.97 Å². The fraction of sp³-hybridized carbons (Fsp3) is 0.118. The van der Waals surface area contributed by atoms with E-state index in [0.717, 1.165) is 11.1 Å². The Balaban J connectivity index is 2.07. The van der Waals surface area contributed by atoms with Gasteiger partial charge in [0.25, 0.3) is 5.91 Å². The number of nitrogens with one attached hydrogen (secondary N) is 1. The number of aromatic nitrogens is 1. The Bertz CT molecular complexity index is 717. The lowest BCUT2D eigenvalue weighted by Gasteiger charge is -2.05. The van der Waals surface area contributed by atoms with Gasteiger partial charge in [0.1, 0.15) is 5.82 Å². The van der Waals surface area contributed by atoms with Crippen molar-refractivity contribution >= 4 is 23.8 Å². The summed E-state index contributed by atoms with van der Waals surface area (Å²) in [5.74, 6) is -1.02. The molecular weight excluding hydrogens is 280 g/mol. The minimum Gasteiger partial charge on any atom is -0.478 e. The molecule has 2 aromatic rings. The number of aryl methyl sites for hydroxylation is 1. The monoisotopic (exact) mass is 296 g/mol. The number of amides is 1. The molecule has 0 spiro atoms. The second kappa shape index (κ2) is 6.67. The first-order chi connectivity index (χ1) is 10.5. The molecule has 2 N–H and O–H groups in total. The molecule has 5 heteroatoms. The second-order valence-corrected chi connectivity index (χ2v) is 4.93. The van der Waals surface area contributed by atoms with Gasteiger partial charge in [0.2, 0.25) is 0 Å². The van der Waals surface area contributed by atoms with E-state index < -0.39 is 5.97 Å². The summed E-state index contributed by atoms with van der Waals surface area (Å²) < 4.78 is 0. The van der Waals surface area contributed by atoms with Crippen molar-refractivity contribution in [1.29, 1.82) is 0 Å². The normalized spacial score (nSPS) is 11.1. The van der Waals surface area contributed by atoms with Gasteiger partial charge in [-0.05, 0) is 37.6 Å². The van der Waals surface area contributed by atoms with E-state index in [1.54, 1.807) is 13.0 Å². The number of aromatic carboxylic acids is 1. The summed E-state index contributed by atoms with van der Waals surface area (Å²) in [7, 11) is 0. The minimum absolute atomic E-state index is 0.0740. The first-order valence-electron chi connectivity index (χ1n) is 6.71. The molecule has 1 amide bonds. The first kappa shape index (κ1) is 15.4. The van der Waals surface area contributed by atoms with E-state index in [1.165, 1.54) is 18.3 Å². The van der Waals surface area contributed by atoms with Crippen LogP contribution in [0.1, 0.15) is 28.4 Å². The maximum absolute atomic E-state index is 12.1. The number of nitrogens with zero attached hydrogens (tertiary/aromatic N) is 1. The van der Waals surface area contributed by atoms with Crippen LogP contribution in [0, 0.1) is 6.92 Å². The Kier molecular flexibility index (Phi) is 4.68. The summed E-state index contributed by atoms with van der Waals surface area (Å²) in [5, 5.41) is 11.4. The number of rotatable bonds is 4. The van der Waals surface area contributed by atoms with Crippen LogP contribution in [0.2, 0.25) is 0 Å². The third kappa shape index (κ3) is 4.02. The molecule has 22 heavy (non-hydrogen) atoms. The van der Waals surface area contributed by atoms with Gasteiger partial charge < -0.3 is 10.4 Å². The van der Waals surface area contributed by atoms with E-state index in [4.69, 9.17) is 5.11 Å². The van der Waals surface area contributed by atoms with Crippen LogP contribution < -0.4 is 5.32 Å². The molecule has 5 nitrogen and oxygen atoms in total. The van der Waals surface area contributed by atoms with Gasteiger partial charge in [-0.2, -0.15) is 0 Å². The molecule has 0 fully saturated rings. The number of pyridine rings is 1. The van der Waals surface area contributed by atoms with Crippen LogP contribution in [-0.4, -0.2) is 22.0 Å². The fourth-order valence-electron chi connectivity index (χ4n) is 1.79. The maximum atomic E-state index is 12.1. The Morgan fingerprint density at radius 3 is 2.36 bits per heavy atom. The smallest absolute Gasteiger partial charge is 0.337 e. The number of carbonyl (C=O) groups excluding carboxylic acids is 1. The highest BCUT2D eigenvalue weighted by molar-refractivity contribution is 6.05. The summed E-state index contributed by atoms with van der Waals surface area (Å²) in [6.07, 6.45) is 2.98. The van der Waals surface area contributed by atoms with Crippen molar-refractivity contribution in [3.05, 3.63) is 64.9 Å². The van der Waals surface area contributed by atoms with E-state index >= 15 is 0 Å². The lowest BCUT2D eigenvalue weighted by molar-refractivity contribution is -0.112. The molecule has 0 atom stereocenters. The van der Waals surface area contributed by atoms with Crippen molar-refractivity contribution in [2.24, 2.45) is 0 Å². The summed E-state index contributed by atoms with van der Waals surface area (Å²) in [6, 6.07) is 10.7. The minimum atomic E-state index is -1.05. The number of hydrogen-bond acceptors (Lipinski definition) is 3. The van der Waals surface area contributed by atoms with E-state index in [2.05, 4.69) is 10.3 Å². The van der Waals surface area contributed by atoms with Crippen LogP contribution in [0.25, 0.3) is 6.08 Å². The molecule has 0 radical (unpaired) electrons. The molecule has 0 bridgehead atoms. The highest BCUT2D eigenvalue weighted by Crippen LogP contribution is 2.11. The molecule has 2 rings (SSSR count). The molecule has 0 saturated heterocycles. The molecule has 0 aliphatic heterocycles. The lowest BCUT2D eigenvalue weighted by atomic mass is 10.1. The van der Waals surface area contributed by atoms with E-state index in [0.29, 0.717) is 11.4 Å². The molecule has 1 heterocycles. The van der Waals surface area contributed by atoms with Crippen LogP contribution in [-0.2, 0) is 4.79 Å². The van der Waals surface area contributed by atoms with Crippen LogP contribution in [0.3, 0.4) is 0 Å². The summed E-state index contributed by atoms with van der Waals surface area (Å²) in [5.41, 5.74) is 2.70. The Morgan fingerprint density at radius 2 is 1.82 bits per heavy atom. The maximum Gasteiger partial charge on any atom is 0.337 e. The van der Waals surface area contributed by atoms with Gasteiger partial charge in [0.05, 0.1) is 5.56 Å². The van der Waals surface area contributed by atoms with Crippen molar-refractivity contribution in [2.45, 2.75) is 13.8 Å². The predicted octanol–water partition coefficient (Wildman–Crippen LogP) is 3.13. The SMILES string of the molecule is C/C(=C\c1ccc(C)cc1)C(=O)Nc1ccc(C(=O)O)cn1. The van der Waals surface area contributed by atoms with Crippen molar-refractivity contribution in [1.82, 2.24) is 4.98 Å². The molecule has 0 aliphatic rings. The molecule has 0 aliphatic carbocycles. The van der Waals surface area contributed by atoms with Crippen molar-refractivity contribution in [3.63, 3.8) is 0 Å². The second-order valence-electron chi connectivity index (χ2n) is 4.93. The van der Waals surface area contributed by atoms with Gasteiger partial charge in [0.15, 0.2) is 0 Å². The van der Waals surface area contributed by atoms with Crippen LogP contribution in [0.15, 0.2) is 48.2 Å². The molecule has 0 unspecified atom stereocenters. The van der Waals surface area contributed by atoms with Crippen LogP contribution in [0.5, 0.6) is 0 Å². The zero-order valence-electron chi connectivity index (χ0n) is 12.3. The Morgan fingerprint density at radius 1 is 1.14 bits per heavy atom. The Hall–Kier alpha value is -2.95. The molecule has 112 valence electrons.